The van der Waals surface area contributed by atoms with Gasteiger partial charge in [0, 0.05) is 18.6 Å². The van der Waals surface area contributed by atoms with Crippen molar-refractivity contribution in [1.82, 2.24) is 4.98 Å². The fraction of sp³-hybridized carbons (Fsp3) is 0.667. The Bertz CT molecular complexity index is 352. The van der Waals surface area contributed by atoms with Gasteiger partial charge in [-0.3, -0.25) is 0 Å². The number of anilines is 1. The third-order valence-electron chi connectivity index (χ3n) is 2.91. The van der Waals surface area contributed by atoms with E-state index in [1.54, 1.807) is 6.20 Å². The summed E-state index contributed by atoms with van der Waals surface area (Å²) in [6, 6.07) is 3.84. The molecule has 0 amide bonds. The average molecular weight is 285 g/mol. The highest BCUT2D eigenvalue weighted by Gasteiger charge is 2.10. The number of nitrogens with one attached hydrogen (secondary N) is 1. The maximum Gasteiger partial charge on any atom is 0.168 e. The van der Waals surface area contributed by atoms with Crippen LogP contribution in [-0.2, 0) is 0 Å². The van der Waals surface area contributed by atoms with E-state index in [1.165, 1.54) is 12.8 Å². The van der Waals surface area contributed by atoms with Crippen molar-refractivity contribution in [3.8, 4) is 5.75 Å². The average Bonchev–Trinajstić information content (AvgIpc) is 2.37. The molecule has 1 heterocycles. The first-order valence-electron chi connectivity index (χ1n) is 7.08. The Morgan fingerprint density at radius 2 is 2.16 bits per heavy atom. The molecule has 108 valence electrons. The van der Waals surface area contributed by atoms with E-state index in [2.05, 4.69) is 17.2 Å². The van der Waals surface area contributed by atoms with Crippen LogP contribution in [0.5, 0.6) is 5.75 Å². The third kappa shape index (κ3) is 6.15. The van der Waals surface area contributed by atoms with Crippen LogP contribution in [0.15, 0.2) is 18.3 Å². The molecular weight excluding hydrogens is 260 g/mol. The van der Waals surface area contributed by atoms with Gasteiger partial charge in [-0.05, 0) is 44.7 Å². The highest BCUT2D eigenvalue weighted by atomic mass is 35.5. The Hall–Kier alpha value is -0.960. The van der Waals surface area contributed by atoms with Gasteiger partial charge in [0.2, 0.25) is 0 Å². The minimum atomic E-state index is 0.152. The Morgan fingerprint density at radius 1 is 1.37 bits per heavy atom. The molecule has 1 rings (SSSR count). The lowest BCUT2D eigenvalue weighted by Gasteiger charge is -2.18. The highest BCUT2D eigenvalue weighted by molar-refractivity contribution is 6.17. The summed E-state index contributed by atoms with van der Waals surface area (Å²) in [6.45, 7) is 7.13. The number of pyridine rings is 1. The number of alkyl halides is 1. The molecule has 1 N–H and O–H groups in total. The topological polar surface area (TPSA) is 34.2 Å². The molecule has 1 aromatic rings. The highest BCUT2D eigenvalue weighted by Crippen LogP contribution is 2.23. The van der Waals surface area contributed by atoms with Crippen LogP contribution in [0.4, 0.5) is 5.82 Å². The first-order chi connectivity index (χ1) is 9.17. The van der Waals surface area contributed by atoms with Gasteiger partial charge >= 0.3 is 0 Å². The number of hydrogen-bond donors (Lipinski definition) is 1. The van der Waals surface area contributed by atoms with Crippen molar-refractivity contribution in [3.05, 3.63) is 18.3 Å². The normalized spacial score (nSPS) is 12.5. The van der Waals surface area contributed by atoms with E-state index in [4.69, 9.17) is 16.3 Å². The van der Waals surface area contributed by atoms with Gasteiger partial charge in [0.05, 0.1) is 6.10 Å². The van der Waals surface area contributed by atoms with Crippen LogP contribution in [-0.4, -0.2) is 23.5 Å². The minimum absolute atomic E-state index is 0.152. The Kier molecular flexibility index (Phi) is 7.65. The molecule has 1 atom stereocenters. The Morgan fingerprint density at radius 3 is 2.79 bits per heavy atom. The van der Waals surface area contributed by atoms with E-state index in [-0.39, 0.29) is 6.10 Å². The smallest absolute Gasteiger partial charge is 0.168 e. The van der Waals surface area contributed by atoms with Gasteiger partial charge in [0.25, 0.3) is 0 Å². The third-order valence-corrected chi connectivity index (χ3v) is 3.12. The maximum absolute atomic E-state index is 5.85. The molecule has 4 heteroatoms. The lowest BCUT2D eigenvalue weighted by Crippen LogP contribution is -2.17. The largest absolute Gasteiger partial charge is 0.487 e. The lowest BCUT2D eigenvalue weighted by atomic mass is 10.0. The predicted molar refractivity (Wildman–Crippen MR) is 82.2 cm³/mol. The van der Waals surface area contributed by atoms with E-state index in [0.29, 0.717) is 11.8 Å². The lowest BCUT2D eigenvalue weighted by molar-refractivity contribution is 0.242. The molecule has 0 saturated heterocycles. The summed E-state index contributed by atoms with van der Waals surface area (Å²) in [4.78, 5) is 4.35. The summed E-state index contributed by atoms with van der Waals surface area (Å²) in [6.07, 6.45) is 5.34. The predicted octanol–water partition coefficient (Wildman–Crippen LogP) is 4.33. The molecule has 0 aliphatic heterocycles. The number of aromatic nitrogens is 1. The monoisotopic (exact) mass is 284 g/mol. The van der Waals surface area contributed by atoms with Crippen molar-refractivity contribution < 1.29 is 4.74 Å². The van der Waals surface area contributed by atoms with E-state index in [0.717, 1.165) is 24.5 Å². The molecule has 0 aromatic carbocycles. The summed E-state index contributed by atoms with van der Waals surface area (Å²) < 4.78 is 5.75. The summed E-state index contributed by atoms with van der Waals surface area (Å²) >= 11 is 5.85. The Balaban J connectivity index is 2.59. The summed E-state index contributed by atoms with van der Waals surface area (Å²) in [5.74, 6) is 2.95. The molecule has 0 spiro atoms. The first-order valence-corrected chi connectivity index (χ1v) is 7.62. The molecule has 0 bridgehead atoms. The quantitative estimate of drug-likeness (QED) is 0.686. The van der Waals surface area contributed by atoms with Gasteiger partial charge < -0.3 is 10.1 Å². The maximum atomic E-state index is 5.85. The van der Waals surface area contributed by atoms with Crippen molar-refractivity contribution in [1.29, 1.82) is 0 Å². The van der Waals surface area contributed by atoms with Crippen LogP contribution in [0, 0.1) is 5.92 Å². The van der Waals surface area contributed by atoms with E-state index in [1.807, 2.05) is 26.0 Å². The summed E-state index contributed by atoms with van der Waals surface area (Å²) in [5, 5.41) is 3.39. The number of rotatable bonds is 9. The fourth-order valence-electron chi connectivity index (χ4n) is 2.02. The van der Waals surface area contributed by atoms with Crippen LogP contribution in [0.25, 0.3) is 0 Å². The fourth-order valence-corrected chi connectivity index (χ4v) is 2.33. The second-order valence-electron chi connectivity index (χ2n) is 5.03. The summed E-state index contributed by atoms with van der Waals surface area (Å²) in [5.41, 5.74) is 0. The van der Waals surface area contributed by atoms with Crippen molar-refractivity contribution in [2.75, 3.05) is 17.7 Å². The zero-order chi connectivity index (χ0) is 14.1. The SMILES string of the molecule is CCCC(CCCl)CNc1ncccc1OC(C)C. The van der Waals surface area contributed by atoms with Crippen LogP contribution in [0.3, 0.4) is 0 Å². The number of halogens is 1. The van der Waals surface area contributed by atoms with E-state index >= 15 is 0 Å². The molecular formula is C15H25ClN2O. The minimum Gasteiger partial charge on any atom is -0.487 e. The van der Waals surface area contributed by atoms with Crippen LogP contribution in [0.2, 0.25) is 0 Å². The Labute approximate surface area is 121 Å². The van der Waals surface area contributed by atoms with Crippen LogP contribution in [0.1, 0.15) is 40.0 Å². The zero-order valence-electron chi connectivity index (χ0n) is 12.2. The van der Waals surface area contributed by atoms with Crippen molar-refractivity contribution in [3.63, 3.8) is 0 Å². The van der Waals surface area contributed by atoms with Crippen molar-refractivity contribution in [2.24, 2.45) is 5.92 Å². The van der Waals surface area contributed by atoms with Gasteiger partial charge in [-0.15, -0.1) is 11.6 Å². The first kappa shape index (κ1) is 16.1. The van der Waals surface area contributed by atoms with Gasteiger partial charge in [-0.2, -0.15) is 0 Å². The molecule has 19 heavy (non-hydrogen) atoms. The van der Waals surface area contributed by atoms with Crippen molar-refractivity contribution in [2.45, 2.75) is 46.1 Å². The van der Waals surface area contributed by atoms with Gasteiger partial charge in [0.15, 0.2) is 11.6 Å². The van der Waals surface area contributed by atoms with E-state index < -0.39 is 0 Å². The van der Waals surface area contributed by atoms with Crippen molar-refractivity contribution >= 4 is 17.4 Å². The standard InChI is InChI=1S/C15H25ClN2O/c1-4-6-13(8-9-16)11-18-15-14(19-12(2)3)7-5-10-17-15/h5,7,10,12-13H,4,6,8-9,11H2,1-3H3,(H,17,18). The zero-order valence-corrected chi connectivity index (χ0v) is 12.9. The van der Waals surface area contributed by atoms with Gasteiger partial charge in [0.1, 0.15) is 0 Å². The number of ether oxygens (including phenoxy) is 1. The van der Waals surface area contributed by atoms with Crippen LogP contribution < -0.4 is 10.1 Å². The second kappa shape index (κ2) is 9.03. The molecule has 0 radical (unpaired) electrons. The molecule has 1 unspecified atom stereocenters. The van der Waals surface area contributed by atoms with Gasteiger partial charge in [-0.1, -0.05) is 13.3 Å². The van der Waals surface area contributed by atoms with E-state index in [9.17, 15) is 0 Å². The number of nitrogens with zero attached hydrogens (tertiary/aromatic N) is 1. The second-order valence-corrected chi connectivity index (χ2v) is 5.41. The molecule has 0 aliphatic rings. The number of hydrogen-bond acceptors (Lipinski definition) is 3. The molecule has 0 aliphatic carbocycles. The molecule has 0 fully saturated rings. The molecule has 1 aromatic heterocycles. The molecule has 3 nitrogen and oxygen atoms in total. The van der Waals surface area contributed by atoms with Gasteiger partial charge in [-0.25, -0.2) is 4.98 Å². The summed E-state index contributed by atoms with van der Waals surface area (Å²) in [7, 11) is 0. The van der Waals surface area contributed by atoms with Crippen LogP contribution >= 0.6 is 11.6 Å². The molecule has 0 saturated carbocycles.